The number of hydrogen-bond donors (Lipinski definition) is 1. The summed E-state index contributed by atoms with van der Waals surface area (Å²) in [6.45, 7) is 22.7. The van der Waals surface area contributed by atoms with E-state index in [0.29, 0.717) is 63.2 Å². The molecule has 4 fully saturated rings. The van der Waals surface area contributed by atoms with Crippen LogP contribution in [0.4, 0.5) is 9.59 Å². The van der Waals surface area contributed by atoms with Crippen molar-refractivity contribution in [3.8, 4) is 12.1 Å². The smallest absolute Gasteiger partial charge is 0.327 e. The Morgan fingerprint density at radius 3 is 1.45 bits per heavy atom. The Balaban J connectivity index is 0.000000206. The maximum atomic E-state index is 13.6. The van der Waals surface area contributed by atoms with Crippen molar-refractivity contribution in [1.29, 1.82) is 10.5 Å². The molecule has 0 atom stereocenters. The molecule has 0 radical (unpaired) electrons. The number of carbonyl (C=O) groups is 4. The molecule has 4 aromatic rings. The summed E-state index contributed by atoms with van der Waals surface area (Å²) < 4.78 is 4.03. The van der Waals surface area contributed by atoms with E-state index >= 15 is 0 Å². The van der Waals surface area contributed by atoms with Crippen molar-refractivity contribution in [1.82, 2.24) is 58.9 Å². The molecule has 0 saturated carbocycles. The summed E-state index contributed by atoms with van der Waals surface area (Å²) in [5.41, 5.74) is 1.29. The van der Waals surface area contributed by atoms with Gasteiger partial charge in [-0.25, -0.2) is 29.5 Å². The van der Waals surface area contributed by atoms with Gasteiger partial charge < -0.3 is 29.2 Å². The lowest BCUT2D eigenvalue weighted by molar-refractivity contribution is -0.136. The SMILES string of the molecule is CCCBr.CCCN1CCC2(CC1)C(=O)N(Cc1cc3cnc(C#N)nc3n1CC(C)(C)C)C(=O)N2C.CN1C(=O)N(Cc2cc3cnc(C#N)nc3n2CC(C)(C)C)C(=O)C12CCNCC2. The first-order valence-electron chi connectivity index (χ1n) is 23.4. The molecule has 0 bridgehead atoms. The third kappa shape index (κ3) is 10.5. The first-order chi connectivity index (χ1) is 31.7. The highest BCUT2D eigenvalue weighted by molar-refractivity contribution is 9.09. The largest absolute Gasteiger partial charge is 0.327 e. The lowest BCUT2D eigenvalue weighted by Crippen LogP contribution is -2.55. The third-order valence-electron chi connectivity index (χ3n) is 13.0. The van der Waals surface area contributed by atoms with E-state index in [2.05, 4.69) is 101 Å². The van der Waals surface area contributed by atoms with E-state index in [4.69, 9.17) is 0 Å². The van der Waals surface area contributed by atoms with Crippen LogP contribution in [0.5, 0.6) is 0 Å². The fourth-order valence-corrected chi connectivity index (χ4v) is 9.55. The van der Waals surface area contributed by atoms with E-state index in [1.807, 2.05) is 33.4 Å². The Morgan fingerprint density at radius 2 is 1.09 bits per heavy atom. The van der Waals surface area contributed by atoms with Crippen LogP contribution in [0, 0.1) is 33.5 Å². The van der Waals surface area contributed by atoms with Crippen LogP contribution in [0.15, 0.2) is 24.5 Å². The van der Waals surface area contributed by atoms with Crippen LogP contribution >= 0.6 is 15.9 Å². The number of imide groups is 2. The van der Waals surface area contributed by atoms with Gasteiger partial charge in [0.2, 0.25) is 11.6 Å². The molecule has 67 heavy (non-hydrogen) atoms. The molecule has 4 aliphatic heterocycles. The van der Waals surface area contributed by atoms with Gasteiger partial charge in [0.15, 0.2) is 0 Å². The topological polar surface area (TPSA) is 206 Å². The zero-order valence-electron chi connectivity index (χ0n) is 40.9. The summed E-state index contributed by atoms with van der Waals surface area (Å²) in [4.78, 5) is 78.7. The van der Waals surface area contributed by atoms with Crippen molar-refractivity contribution >= 4 is 61.9 Å². The molecule has 0 aromatic carbocycles. The summed E-state index contributed by atoms with van der Waals surface area (Å²) in [5, 5.41) is 24.4. The van der Waals surface area contributed by atoms with Crippen molar-refractivity contribution in [3.05, 3.63) is 47.6 Å². The summed E-state index contributed by atoms with van der Waals surface area (Å²) >= 11 is 3.25. The van der Waals surface area contributed by atoms with Gasteiger partial charge in [0.25, 0.3) is 11.8 Å². The Kier molecular flexibility index (Phi) is 15.5. The molecule has 19 heteroatoms. The minimum atomic E-state index is -0.754. The zero-order valence-corrected chi connectivity index (χ0v) is 42.5. The predicted octanol–water partition coefficient (Wildman–Crippen LogP) is 6.64. The number of hydrogen-bond acceptors (Lipinski definition) is 12. The highest BCUT2D eigenvalue weighted by Gasteiger charge is 2.57. The molecule has 6 amide bonds. The number of piperidine rings is 2. The van der Waals surface area contributed by atoms with Gasteiger partial charge in [-0.2, -0.15) is 10.5 Å². The average molecular weight is 984 g/mol. The summed E-state index contributed by atoms with van der Waals surface area (Å²) in [7, 11) is 3.48. The molecule has 8 rings (SSSR count). The molecule has 2 spiro atoms. The number of rotatable bonds is 9. The number of carbonyl (C=O) groups excluding carboxylic acids is 4. The van der Waals surface area contributed by atoms with Gasteiger partial charge in [0.1, 0.15) is 34.5 Å². The van der Waals surface area contributed by atoms with Gasteiger partial charge in [-0.15, -0.1) is 0 Å². The minimum Gasteiger partial charge on any atom is -0.327 e. The molecule has 8 heterocycles. The highest BCUT2D eigenvalue weighted by atomic mass is 79.9. The van der Waals surface area contributed by atoms with Crippen LogP contribution in [-0.4, -0.2) is 141 Å². The Labute approximate surface area is 402 Å². The van der Waals surface area contributed by atoms with Gasteiger partial charge >= 0.3 is 12.1 Å². The lowest BCUT2D eigenvalue weighted by Gasteiger charge is -2.40. The standard InChI is InChI=1S/C24H33N7O2.C21H27N7O2.C3H7Br/c1-6-9-29-10-7-24(8-11-29)21(32)30(22(33)28(24)5)15-18-12-17-14-26-19(13-25)27-20(17)31(18)16-23(2,3)4;1-20(2,3)13-28-15(9-14-11-24-16(10-22)25-17(14)28)12-27-18(29)21(26(4)19(27)30)5-7-23-8-6-21;1-2-3-4/h12,14H,6-11,15-16H2,1-5H3;9,11,23H,5-8,12-13H2,1-4H3;2-3H2,1H3. The van der Waals surface area contributed by atoms with E-state index in [0.717, 1.165) is 53.5 Å². The van der Waals surface area contributed by atoms with Crippen molar-refractivity contribution < 1.29 is 19.2 Å². The van der Waals surface area contributed by atoms with Crippen molar-refractivity contribution in [3.63, 3.8) is 0 Å². The van der Waals surface area contributed by atoms with Crippen molar-refractivity contribution in [2.24, 2.45) is 10.8 Å². The Bertz CT molecular complexity index is 2560. The number of likely N-dealkylation sites (tertiary alicyclic amines) is 1. The maximum Gasteiger partial charge on any atom is 0.327 e. The first-order valence-corrected chi connectivity index (χ1v) is 24.5. The second-order valence-corrected chi connectivity index (χ2v) is 21.3. The Hall–Kier alpha value is -5.50. The van der Waals surface area contributed by atoms with E-state index in [1.165, 1.54) is 16.2 Å². The quantitative estimate of drug-likeness (QED) is 0.138. The minimum absolute atomic E-state index is 0.0649. The summed E-state index contributed by atoms with van der Waals surface area (Å²) in [6.07, 6.45) is 8.13. The molecule has 360 valence electrons. The third-order valence-corrected chi connectivity index (χ3v) is 13.8. The van der Waals surface area contributed by atoms with Crippen molar-refractivity contribution in [2.75, 3.05) is 52.1 Å². The van der Waals surface area contributed by atoms with E-state index in [-0.39, 0.29) is 59.4 Å². The highest BCUT2D eigenvalue weighted by Crippen LogP contribution is 2.39. The molecule has 4 aromatic heterocycles. The van der Waals surface area contributed by atoms with E-state index < -0.39 is 11.1 Å². The van der Waals surface area contributed by atoms with Gasteiger partial charge in [0, 0.05) is 80.2 Å². The van der Waals surface area contributed by atoms with Gasteiger partial charge in [-0.05, 0) is 81.1 Å². The van der Waals surface area contributed by atoms with Gasteiger partial charge in [0.05, 0.1) is 13.1 Å². The van der Waals surface area contributed by atoms with Crippen LogP contribution in [0.3, 0.4) is 0 Å². The number of likely N-dealkylation sites (N-methyl/N-ethyl adjacent to an activating group) is 2. The fourth-order valence-electron chi connectivity index (χ4n) is 9.55. The predicted molar refractivity (Wildman–Crippen MR) is 258 cm³/mol. The number of nitrogens with zero attached hydrogens (tertiary/aromatic N) is 13. The van der Waals surface area contributed by atoms with Crippen LogP contribution < -0.4 is 5.32 Å². The van der Waals surface area contributed by atoms with E-state index in [9.17, 15) is 29.7 Å². The molecular weight excluding hydrogens is 917 g/mol. The summed E-state index contributed by atoms with van der Waals surface area (Å²) in [6, 6.07) is 7.31. The average Bonchev–Trinajstić information content (AvgIpc) is 3.91. The number of nitrogens with one attached hydrogen (secondary N) is 1. The molecule has 0 aliphatic carbocycles. The second kappa shape index (κ2) is 20.4. The van der Waals surface area contributed by atoms with E-state index in [1.54, 1.807) is 36.3 Å². The molecule has 0 unspecified atom stereocenters. The number of amides is 6. The Morgan fingerprint density at radius 1 is 0.687 bits per heavy atom. The number of urea groups is 2. The number of alkyl halides is 1. The second-order valence-electron chi connectivity index (χ2n) is 20.5. The molecule has 1 N–H and O–H groups in total. The van der Waals surface area contributed by atoms with Crippen LogP contribution in [0.2, 0.25) is 0 Å². The normalized spacial score (nSPS) is 18.5. The first kappa shape index (κ1) is 50.9. The number of halogens is 1. The van der Waals surface area contributed by atoms with Crippen molar-refractivity contribution in [2.45, 2.75) is 131 Å². The molecule has 4 saturated heterocycles. The maximum absolute atomic E-state index is 13.6. The number of aromatic nitrogens is 6. The lowest BCUT2D eigenvalue weighted by atomic mass is 9.86. The molecule has 4 aliphatic rings. The van der Waals surface area contributed by atoms with Crippen LogP contribution in [0.25, 0.3) is 22.1 Å². The monoisotopic (exact) mass is 982 g/mol. The van der Waals surface area contributed by atoms with Crippen LogP contribution in [0.1, 0.15) is 117 Å². The fraction of sp³-hybridized carbons (Fsp3) is 0.625. The molecular formula is C48H67BrN14O4. The molecule has 18 nitrogen and oxygen atoms in total. The number of fused-ring (bicyclic) bond motifs is 2. The van der Waals surface area contributed by atoms with Gasteiger partial charge in [-0.1, -0.05) is 71.3 Å². The van der Waals surface area contributed by atoms with Crippen LogP contribution in [-0.2, 0) is 35.8 Å². The summed E-state index contributed by atoms with van der Waals surface area (Å²) in [5.74, 6) is -0.0347. The zero-order chi connectivity index (χ0) is 49.1. The number of nitriles is 2. The van der Waals surface area contributed by atoms with Gasteiger partial charge in [-0.3, -0.25) is 19.4 Å².